The lowest BCUT2D eigenvalue weighted by molar-refractivity contribution is -0.141. The van der Waals surface area contributed by atoms with Crippen LogP contribution >= 0.6 is 23.0 Å². The number of piperidine rings is 1. The number of nitrogens with zero attached hydrogens (tertiary/aromatic N) is 2. The second-order valence-electron chi connectivity index (χ2n) is 6.81. The molecule has 1 atom stereocenters. The molecule has 1 aromatic heterocycles. The quantitative estimate of drug-likeness (QED) is 0.625. The van der Waals surface area contributed by atoms with Crippen LogP contribution in [-0.4, -0.2) is 48.3 Å². The number of pyridine rings is 1. The number of alkyl halides is 3. The maximum Gasteiger partial charge on any atom is 0.433 e. The summed E-state index contributed by atoms with van der Waals surface area (Å²) in [6.45, 7) is 3.50. The Balaban J connectivity index is 1.78. The molecule has 3 rings (SSSR count). The zero-order valence-corrected chi connectivity index (χ0v) is 16.6. The fraction of sp³-hybridized carbons (Fsp3) is 0.706. The summed E-state index contributed by atoms with van der Waals surface area (Å²) in [7, 11) is 0. The third-order valence-corrected chi connectivity index (χ3v) is 5.23. The molecule has 1 unspecified atom stereocenters. The zero-order valence-electron chi connectivity index (χ0n) is 14.4. The maximum atomic E-state index is 13.3. The molecule has 0 aromatic carbocycles. The van der Waals surface area contributed by atoms with Gasteiger partial charge in [0, 0.05) is 18.7 Å². The average Bonchev–Trinajstić information content (AvgIpc) is 3.02. The summed E-state index contributed by atoms with van der Waals surface area (Å²) in [6.07, 6.45) is -1.01. The highest BCUT2D eigenvalue weighted by atomic mass is 127. The van der Waals surface area contributed by atoms with Gasteiger partial charge in [0.25, 0.3) is 0 Å². The molecule has 0 saturated carbocycles. The Labute approximate surface area is 165 Å². The van der Waals surface area contributed by atoms with Crippen LogP contribution in [0.2, 0.25) is 0 Å². The van der Waals surface area contributed by atoms with Crippen LogP contribution in [0.5, 0.6) is 5.88 Å². The third kappa shape index (κ3) is 5.43. The van der Waals surface area contributed by atoms with Crippen LogP contribution < -0.4 is 10.1 Å². The molecule has 0 amide bonds. The molecule has 146 valence electrons. The van der Waals surface area contributed by atoms with Gasteiger partial charge in [0.15, 0.2) is 0 Å². The molecular weight excluding hydrogens is 462 g/mol. The predicted octanol–water partition coefficient (Wildman–Crippen LogP) is 3.56. The smallest absolute Gasteiger partial charge is 0.433 e. The lowest BCUT2D eigenvalue weighted by Crippen LogP contribution is -2.34. The summed E-state index contributed by atoms with van der Waals surface area (Å²) in [5, 5.41) is 3.21. The Morgan fingerprint density at radius 2 is 2.00 bits per heavy atom. The number of aromatic nitrogens is 1. The minimum Gasteiger partial charge on any atom is -0.474 e. The van der Waals surface area contributed by atoms with E-state index in [-0.39, 0.29) is 18.0 Å². The van der Waals surface area contributed by atoms with E-state index < -0.39 is 11.9 Å². The van der Waals surface area contributed by atoms with E-state index in [1.165, 1.54) is 0 Å². The van der Waals surface area contributed by atoms with Gasteiger partial charge in [-0.3, -0.25) is 4.90 Å². The van der Waals surface area contributed by atoms with E-state index in [1.54, 1.807) is 6.07 Å². The SMILES string of the molecule is FC(F)(F)c1cc(CN2CCCC2COI)cc(OC2CCNCC2)n1. The Morgan fingerprint density at radius 1 is 1.23 bits per heavy atom. The average molecular weight is 485 g/mol. The first kappa shape index (κ1) is 20.1. The fourth-order valence-corrected chi connectivity index (χ4v) is 3.95. The highest BCUT2D eigenvalue weighted by molar-refractivity contribution is 14.1. The molecule has 3 heterocycles. The summed E-state index contributed by atoms with van der Waals surface area (Å²) >= 11 is 1.86. The van der Waals surface area contributed by atoms with E-state index >= 15 is 0 Å². The zero-order chi connectivity index (χ0) is 18.6. The van der Waals surface area contributed by atoms with Gasteiger partial charge < -0.3 is 13.1 Å². The Bertz CT molecular complexity index is 597. The molecule has 2 aliphatic rings. The number of likely N-dealkylation sites (tertiary alicyclic amines) is 1. The summed E-state index contributed by atoms with van der Waals surface area (Å²) in [5.41, 5.74) is -0.309. The normalized spacial score (nSPS) is 22.7. The minimum absolute atomic E-state index is 0.0719. The van der Waals surface area contributed by atoms with E-state index in [0.717, 1.165) is 51.4 Å². The summed E-state index contributed by atoms with van der Waals surface area (Å²) in [6, 6.07) is 3.02. The number of hydrogen-bond acceptors (Lipinski definition) is 5. The number of nitrogens with one attached hydrogen (secondary N) is 1. The van der Waals surface area contributed by atoms with Gasteiger partial charge in [-0.1, -0.05) is 0 Å². The first-order valence-electron chi connectivity index (χ1n) is 8.89. The van der Waals surface area contributed by atoms with Crippen LogP contribution in [0.3, 0.4) is 0 Å². The molecule has 2 aliphatic heterocycles. The van der Waals surface area contributed by atoms with Crippen molar-refractivity contribution >= 4 is 23.0 Å². The van der Waals surface area contributed by atoms with Gasteiger partial charge in [0.1, 0.15) is 34.8 Å². The first-order chi connectivity index (χ1) is 12.5. The van der Waals surface area contributed by atoms with Crippen LogP contribution in [0.25, 0.3) is 0 Å². The van der Waals surface area contributed by atoms with Gasteiger partial charge >= 0.3 is 6.18 Å². The predicted molar refractivity (Wildman–Crippen MR) is 99.2 cm³/mol. The highest BCUT2D eigenvalue weighted by Gasteiger charge is 2.34. The summed E-state index contributed by atoms with van der Waals surface area (Å²) in [5.74, 6) is 0.0719. The van der Waals surface area contributed by atoms with Crippen molar-refractivity contribution in [3.05, 3.63) is 23.4 Å². The van der Waals surface area contributed by atoms with Gasteiger partial charge in [-0.2, -0.15) is 13.2 Å². The van der Waals surface area contributed by atoms with Gasteiger partial charge in [-0.15, -0.1) is 0 Å². The van der Waals surface area contributed by atoms with Crippen molar-refractivity contribution in [2.75, 3.05) is 26.2 Å². The van der Waals surface area contributed by atoms with Gasteiger partial charge in [0.2, 0.25) is 5.88 Å². The lowest BCUT2D eigenvalue weighted by atomic mass is 10.1. The summed E-state index contributed by atoms with van der Waals surface area (Å²) in [4.78, 5) is 5.89. The molecule has 2 fully saturated rings. The van der Waals surface area contributed by atoms with E-state index in [4.69, 9.17) is 7.80 Å². The summed E-state index contributed by atoms with van der Waals surface area (Å²) < 4.78 is 50.8. The van der Waals surface area contributed by atoms with Crippen molar-refractivity contribution in [3.63, 3.8) is 0 Å². The molecule has 1 N–H and O–H groups in total. The maximum absolute atomic E-state index is 13.3. The third-order valence-electron chi connectivity index (χ3n) is 4.87. The highest BCUT2D eigenvalue weighted by Crippen LogP contribution is 2.31. The molecule has 9 heteroatoms. The number of ether oxygens (including phenoxy) is 1. The van der Waals surface area contributed by atoms with E-state index in [1.807, 2.05) is 23.0 Å². The van der Waals surface area contributed by atoms with Crippen LogP contribution in [0.15, 0.2) is 12.1 Å². The van der Waals surface area contributed by atoms with Crippen molar-refractivity contribution in [3.8, 4) is 5.88 Å². The van der Waals surface area contributed by atoms with Crippen LogP contribution in [-0.2, 0) is 15.8 Å². The molecule has 5 nitrogen and oxygen atoms in total. The van der Waals surface area contributed by atoms with Crippen LogP contribution in [0, 0.1) is 0 Å². The molecule has 0 aliphatic carbocycles. The topological polar surface area (TPSA) is 46.6 Å². The van der Waals surface area contributed by atoms with Crippen molar-refractivity contribution < 1.29 is 21.0 Å². The molecule has 1 aromatic rings. The molecule has 0 bridgehead atoms. The molecule has 0 spiro atoms. The molecule has 2 saturated heterocycles. The number of hydrogen-bond donors (Lipinski definition) is 1. The van der Waals surface area contributed by atoms with E-state index in [2.05, 4.69) is 15.2 Å². The molecular formula is C17H23F3IN3O2. The van der Waals surface area contributed by atoms with Crippen LogP contribution in [0.1, 0.15) is 36.9 Å². The van der Waals surface area contributed by atoms with Gasteiger partial charge in [-0.25, -0.2) is 4.98 Å². The monoisotopic (exact) mass is 485 g/mol. The van der Waals surface area contributed by atoms with Crippen molar-refractivity contribution in [2.24, 2.45) is 0 Å². The number of rotatable bonds is 6. The molecule has 26 heavy (non-hydrogen) atoms. The van der Waals surface area contributed by atoms with E-state index in [9.17, 15) is 13.2 Å². The van der Waals surface area contributed by atoms with E-state index in [0.29, 0.717) is 18.7 Å². The largest absolute Gasteiger partial charge is 0.474 e. The Kier molecular flexibility index (Phi) is 6.98. The Morgan fingerprint density at radius 3 is 2.69 bits per heavy atom. The van der Waals surface area contributed by atoms with Crippen LogP contribution in [0.4, 0.5) is 13.2 Å². The lowest BCUT2D eigenvalue weighted by Gasteiger charge is -2.25. The molecule has 0 radical (unpaired) electrons. The minimum atomic E-state index is -4.49. The fourth-order valence-electron chi connectivity index (χ4n) is 3.54. The first-order valence-corrected chi connectivity index (χ1v) is 9.77. The second kappa shape index (κ2) is 9.03. The van der Waals surface area contributed by atoms with Gasteiger partial charge in [0.05, 0.1) is 6.61 Å². The number of halogens is 4. The van der Waals surface area contributed by atoms with Crippen molar-refractivity contribution in [2.45, 2.75) is 50.6 Å². The van der Waals surface area contributed by atoms with Gasteiger partial charge in [-0.05, 0) is 56.9 Å². The Hall–Kier alpha value is -0.650. The second-order valence-corrected chi connectivity index (χ2v) is 7.43. The van der Waals surface area contributed by atoms with Crippen molar-refractivity contribution in [1.82, 2.24) is 15.2 Å². The standard InChI is InChI=1S/C17H23F3IN3O2/c18-17(19,20)15-8-12(10-24-7-1-2-13(24)11-25-21)9-16(23-15)26-14-3-5-22-6-4-14/h8-9,13-14,22H,1-7,10-11H2. The van der Waals surface area contributed by atoms with Crippen molar-refractivity contribution in [1.29, 1.82) is 0 Å².